The van der Waals surface area contributed by atoms with Gasteiger partial charge in [-0.25, -0.2) is 0 Å². The molecule has 3 aromatic rings. The van der Waals surface area contributed by atoms with Gasteiger partial charge in [-0.2, -0.15) is 0 Å². The summed E-state index contributed by atoms with van der Waals surface area (Å²) in [6.45, 7) is 4.98. The number of carbonyl (C=O) groups is 1. The Hall–Kier alpha value is -2.54. The number of fused-ring (bicyclic) bond motifs is 1. The van der Waals surface area contributed by atoms with E-state index >= 15 is 0 Å². The van der Waals surface area contributed by atoms with Crippen molar-refractivity contribution in [3.8, 4) is 11.6 Å². The van der Waals surface area contributed by atoms with Crippen LogP contribution in [0.2, 0.25) is 0 Å². The van der Waals surface area contributed by atoms with Gasteiger partial charge in [-0.05, 0) is 43.5 Å². The molecule has 0 aliphatic carbocycles. The highest BCUT2D eigenvalue weighted by Crippen LogP contribution is 2.33. The highest BCUT2D eigenvalue weighted by molar-refractivity contribution is 7.99. The van der Waals surface area contributed by atoms with Crippen molar-refractivity contribution >= 4 is 23.4 Å². The molecule has 0 saturated carbocycles. The SMILES string of the molecule is CCCn1c(SCC(=O)N2c3ccccc3C[C@@H]2C)nnc1-c1ccco1. The smallest absolute Gasteiger partial charge is 0.237 e. The Morgan fingerprint density at radius 1 is 1.26 bits per heavy atom. The van der Waals surface area contributed by atoms with Gasteiger partial charge in [-0.1, -0.05) is 36.9 Å². The molecule has 27 heavy (non-hydrogen) atoms. The van der Waals surface area contributed by atoms with Gasteiger partial charge in [0.25, 0.3) is 0 Å². The Morgan fingerprint density at radius 2 is 2.11 bits per heavy atom. The average molecular weight is 382 g/mol. The van der Waals surface area contributed by atoms with Crippen LogP contribution in [0.25, 0.3) is 11.6 Å². The predicted molar refractivity (Wildman–Crippen MR) is 106 cm³/mol. The number of aromatic nitrogens is 3. The molecule has 1 aliphatic rings. The zero-order chi connectivity index (χ0) is 18.8. The standard InChI is InChI=1S/C20H22N4O2S/c1-3-10-23-19(17-9-6-11-26-17)21-22-20(23)27-13-18(25)24-14(2)12-15-7-4-5-8-16(15)24/h4-9,11,14H,3,10,12-13H2,1-2H3/t14-/m0/s1. The molecule has 1 aliphatic heterocycles. The largest absolute Gasteiger partial charge is 0.461 e. The van der Waals surface area contributed by atoms with Gasteiger partial charge >= 0.3 is 0 Å². The van der Waals surface area contributed by atoms with Gasteiger partial charge in [0.2, 0.25) is 5.91 Å². The summed E-state index contributed by atoms with van der Waals surface area (Å²) >= 11 is 1.43. The highest BCUT2D eigenvalue weighted by atomic mass is 32.2. The second-order valence-electron chi connectivity index (χ2n) is 6.67. The van der Waals surface area contributed by atoms with Crippen molar-refractivity contribution in [3.63, 3.8) is 0 Å². The summed E-state index contributed by atoms with van der Waals surface area (Å²) in [6, 6.07) is 12.0. The average Bonchev–Trinajstić information content (AvgIpc) is 3.38. The Labute approximate surface area is 162 Å². The van der Waals surface area contributed by atoms with Crippen molar-refractivity contribution in [1.29, 1.82) is 0 Å². The molecule has 0 spiro atoms. The molecule has 1 amide bonds. The first-order valence-corrected chi connectivity index (χ1v) is 10.2. The Morgan fingerprint density at radius 3 is 2.89 bits per heavy atom. The molecule has 2 aromatic heterocycles. The maximum absolute atomic E-state index is 12.9. The van der Waals surface area contributed by atoms with Crippen molar-refractivity contribution < 1.29 is 9.21 Å². The van der Waals surface area contributed by atoms with E-state index in [1.54, 1.807) is 6.26 Å². The molecule has 0 saturated heterocycles. The minimum absolute atomic E-state index is 0.100. The van der Waals surface area contributed by atoms with Crippen LogP contribution < -0.4 is 4.90 Å². The number of nitrogens with zero attached hydrogens (tertiary/aromatic N) is 4. The van der Waals surface area contributed by atoms with Crippen LogP contribution in [-0.4, -0.2) is 32.5 Å². The lowest BCUT2D eigenvalue weighted by molar-refractivity contribution is -0.116. The summed E-state index contributed by atoms with van der Waals surface area (Å²) in [7, 11) is 0. The van der Waals surface area contributed by atoms with E-state index in [0.717, 1.165) is 30.2 Å². The van der Waals surface area contributed by atoms with E-state index in [-0.39, 0.29) is 11.9 Å². The van der Waals surface area contributed by atoms with Gasteiger partial charge in [-0.15, -0.1) is 10.2 Å². The number of hydrogen-bond donors (Lipinski definition) is 0. The molecule has 7 heteroatoms. The summed E-state index contributed by atoms with van der Waals surface area (Å²) in [4.78, 5) is 14.8. The van der Waals surface area contributed by atoms with Gasteiger partial charge in [0, 0.05) is 18.3 Å². The van der Waals surface area contributed by atoms with Crippen molar-refractivity contribution in [2.45, 2.75) is 44.4 Å². The van der Waals surface area contributed by atoms with Crippen molar-refractivity contribution in [3.05, 3.63) is 48.2 Å². The van der Waals surface area contributed by atoms with Crippen LogP contribution in [-0.2, 0) is 17.8 Å². The van der Waals surface area contributed by atoms with E-state index in [1.165, 1.54) is 17.3 Å². The van der Waals surface area contributed by atoms with E-state index in [2.05, 4.69) is 30.1 Å². The van der Waals surface area contributed by atoms with E-state index in [1.807, 2.05) is 39.8 Å². The number of carbonyl (C=O) groups excluding carboxylic acids is 1. The van der Waals surface area contributed by atoms with Crippen LogP contribution in [0.3, 0.4) is 0 Å². The zero-order valence-corrected chi connectivity index (χ0v) is 16.3. The molecule has 6 nitrogen and oxygen atoms in total. The minimum Gasteiger partial charge on any atom is -0.461 e. The van der Waals surface area contributed by atoms with Crippen LogP contribution >= 0.6 is 11.8 Å². The first-order valence-electron chi connectivity index (χ1n) is 9.19. The van der Waals surface area contributed by atoms with Gasteiger partial charge in [-0.3, -0.25) is 9.36 Å². The maximum Gasteiger partial charge on any atom is 0.237 e. The second-order valence-corrected chi connectivity index (χ2v) is 7.61. The first-order chi connectivity index (χ1) is 13.2. The van der Waals surface area contributed by atoms with Gasteiger partial charge in [0.15, 0.2) is 16.7 Å². The van der Waals surface area contributed by atoms with E-state index in [4.69, 9.17) is 4.42 Å². The number of furan rings is 1. The third-order valence-electron chi connectivity index (χ3n) is 4.71. The maximum atomic E-state index is 12.9. The molecule has 0 bridgehead atoms. The van der Waals surface area contributed by atoms with Gasteiger partial charge in [0.05, 0.1) is 12.0 Å². The lowest BCUT2D eigenvalue weighted by Crippen LogP contribution is -2.37. The Balaban J connectivity index is 1.51. The molecular formula is C20H22N4O2S. The molecular weight excluding hydrogens is 360 g/mol. The van der Waals surface area contributed by atoms with Crippen molar-refractivity contribution in [1.82, 2.24) is 14.8 Å². The summed E-state index contributed by atoms with van der Waals surface area (Å²) in [5, 5.41) is 9.32. The number of rotatable bonds is 6. The quantitative estimate of drug-likeness (QED) is 0.603. The van der Waals surface area contributed by atoms with Crippen LogP contribution in [0, 0.1) is 0 Å². The summed E-state index contributed by atoms with van der Waals surface area (Å²) < 4.78 is 7.50. The van der Waals surface area contributed by atoms with Crippen molar-refractivity contribution in [2.24, 2.45) is 0 Å². The molecule has 0 N–H and O–H groups in total. The molecule has 0 radical (unpaired) electrons. The van der Waals surface area contributed by atoms with Crippen LogP contribution in [0.15, 0.2) is 52.2 Å². The highest BCUT2D eigenvalue weighted by Gasteiger charge is 2.30. The number of amides is 1. The van der Waals surface area contributed by atoms with Crippen molar-refractivity contribution in [2.75, 3.05) is 10.7 Å². The number of benzene rings is 1. The topological polar surface area (TPSA) is 64.2 Å². The normalized spacial score (nSPS) is 15.9. The Bertz CT molecular complexity index is 935. The van der Waals surface area contributed by atoms with Crippen LogP contribution in [0.5, 0.6) is 0 Å². The van der Waals surface area contributed by atoms with Gasteiger partial charge < -0.3 is 9.32 Å². The summed E-state index contributed by atoms with van der Waals surface area (Å²) in [6.07, 6.45) is 3.48. The zero-order valence-electron chi connectivity index (χ0n) is 15.5. The molecule has 1 atom stereocenters. The fourth-order valence-corrected chi connectivity index (χ4v) is 4.37. The predicted octanol–water partition coefficient (Wildman–Crippen LogP) is 4.02. The van der Waals surface area contributed by atoms with Gasteiger partial charge in [0.1, 0.15) is 0 Å². The lowest BCUT2D eigenvalue weighted by Gasteiger charge is -2.22. The van der Waals surface area contributed by atoms with Crippen LogP contribution in [0.4, 0.5) is 5.69 Å². The molecule has 4 rings (SSSR count). The molecule has 3 heterocycles. The number of anilines is 1. The summed E-state index contributed by atoms with van der Waals surface area (Å²) in [5.74, 6) is 1.83. The fourth-order valence-electron chi connectivity index (χ4n) is 3.55. The van der Waals surface area contributed by atoms with E-state index in [9.17, 15) is 4.79 Å². The molecule has 0 unspecified atom stereocenters. The molecule has 1 aromatic carbocycles. The molecule has 140 valence electrons. The Kier molecular flexibility index (Phi) is 5.03. The molecule has 0 fully saturated rings. The summed E-state index contributed by atoms with van der Waals surface area (Å²) in [5.41, 5.74) is 2.26. The number of para-hydroxylation sites is 1. The third-order valence-corrected chi connectivity index (χ3v) is 5.66. The third kappa shape index (κ3) is 3.39. The monoisotopic (exact) mass is 382 g/mol. The van der Waals surface area contributed by atoms with Crippen LogP contribution in [0.1, 0.15) is 25.8 Å². The van der Waals surface area contributed by atoms with E-state index < -0.39 is 0 Å². The number of hydrogen-bond acceptors (Lipinski definition) is 5. The van der Waals surface area contributed by atoms with E-state index in [0.29, 0.717) is 17.3 Å². The first kappa shape index (κ1) is 17.9. The number of thioether (sulfide) groups is 1. The second kappa shape index (κ2) is 7.60. The minimum atomic E-state index is 0.100. The fraction of sp³-hybridized carbons (Fsp3) is 0.350. The lowest BCUT2D eigenvalue weighted by atomic mass is 10.1.